The lowest BCUT2D eigenvalue weighted by atomic mass is 10.1. The molecule has 2 aromatic rings. The molecule has 19 heavy (non-hydrogen) atoms. The summed E-state index contributed by atoms with van der Waals surface area (Å²) in [4.78, 5) is 11.8. The second-order valence-electron chi connectivity index (χ2n) is 4.96. The van der Waals surface area contributed by atoms with E-state index in [-0.39, 0.29) is 5.97 Å². The van der Waals surface area contributed by atoms with Gasteiger partial charge >= 0.3 is 5.97 Å². The third kappa shape index (κ3) is 3.02. The first-order valence-electron chi connectivity index (χ1n) is 6.64. The number of rotatable bonds is 4. The number of carbonyl (C=O) groups excluding carboxylic acids is 1. The minimum atomic E-state index is -0.266. The topological polar surface area (TPSA) is 26.3 Å². The zero-order valence-electron chi connectivity index (χ0n) is 10.7. The first kappa shape index (κ1) is 12.0. The Hall–Kier alpha value is -2.09. The Morgan fingerprint density at radius 3 is 2.58 bits per heavy atom. The van der Waals surface area contributed by atoms with Crippen LogP contribution in [0.4, 0.5) is 0 Å². The van der Waals surface area contributed by atoms with Crippen LogP contribution in [0.3, 0.4) is 0 Å². The highest BCUT2D eigenvalue weighted by Gasteiger charge is 2.23. The molecule has 3 rings (SSSR count). The highest BCUT2D eigenvalue weighted by molar-refractivity contribution is 5.89. The molecule has 0 amide bonds. The number of hydrogen-bond donors (Lipinski definition) is 0. The molecule has 2 aromatic carbocycles. The number of hydrogen-bond acceptors (Lipinski definition) is 2. The molecule has 0 unspecified atom stereocenters. The van der Waals surface area contributed by atoms with Gasteiger partial charge in [0, 0.05) is 0 Å². The van der Waals surface area contributed by atoms with Crippen molar-refractivity contribution in [3.05, 3.63) is 71.3 Å². The fraction of sp³-hybridized carbons (Fsp3) is 0.235. The van der Waals surface area contributed by atoms with Gasteiger partial charge < -0.3 is 4.74 Å². The van der Waals surface area contributed by atoms with Crippen molar-refractivity contribution in [2.75, 3.05) is 0 Å². The predicted molar refractivity (Wildman–Crippen MR) is 74.0 cm³/mol. The van der Waals surface area contributed by atoms with Gasteiger partial charge in [0.2, 0.25) is 0 Å². The summed E-state index contributed by atoms with van der Waals surface area (Å²) in [5.74, 6) is 0.460. The third-order valence-electron chi connectivity index (χ3n) is 3.38. The molecule has 0 radical (unpaired) electrons. The molecule has 0 N–H and O–H groups in total. The van der Waals surface area contributed by atoms with Crippen LogP contribution in [0.25, 0.3) is 0 Å². The first-order chi connectivity index (χ1) is 9.33. The minimum Gasteiger partial charge on any atom is -0.457 e. The lowest BCUT2D eigenvalue weighted by Gasteiger charge is -2.06. The summed E-state index contributed by atoms with van der Waals surface area (Å²) in [7, 11) is 0. The molecular weight excluding hydrogens is 236 g/mol. The molecular formula is C17H16O2. The maximum atomic E-state index is 11.8. The van der Waals surface area contributed by atoms with E-state index >= 15 is 0 Å². The van der Waals surface area contributed by atoms with Crippen LogP contribution < -0.4 is 0 Å². The molecule has 1 saturated carbocycles. The zero-order chi connectivity index (χ0) is 13.1. The van der Waals surface area contributed by atoms with Crippen LogP contribution in [0.2, 0.25) is 0 Å². The first-order valence-corrected chi connectivity index (χ1v) is 6.64. The Bertz CT molecular complexity index is 571. The van der Waals surface area contributed by atoms with Crippen molar-refractivity contribution >= 4 is 5.97 Å². The Kier molecular flexibility index (Phi) is 3.32. The Labute approximate surface area is 113 Å². The molecule has 0 bridgehead atoms. The Morgan fingerprint density at radius 2 is 1.84 bits per heavy atom. The van der Waals surface area contributed by atoms with Gasteiger partial charge in [0.05, 0.1) is 5.56 Å². The van der Waals surface area contributed by atoms with E-state index in [2.05, 4.69) is 12.1 Å². The van der Waals surface area contributed by atoms with Crippen molar-refractivity contribution in [2.24, 2.45) is 0 Å². The second-order valence-corrected chi connectivity index (χ2v) is 4.96. The van der Waals surface area contributed by atoms with Crippen LogP contribution in [-0.4, -0.2) is 5.97 Å². The van der Waals surface area contributed by atoms with E-state index in [0.29, 0.717) is 12.2 Å². The normalized spacial score (nSPS) is 14.1. The van der Waals surface area contributed by atoms with Gasteiger partial charge in [-0.1, -0.05) is 42.5 Å². The van der Waals surface area contributed by atoms with Gasteiger partial charge in [-0.15, -0.1) is 0 Å². The van der Waals surface area contributed by atoms with Crippen LogP contribution in [-0.2, 0) is 11.3 Å². The van der Waals surface area contributed by atoms with E-state index in [1.165, 1.54) is 18.4 Å². The van der Waals surface area contributed by atoms with Gasteiger partial charge in [-0.05, 0) is 42.0 Å². The van der Waals surface area contributed by atoms with Gasteiger partial charge in [0.15, 0.2) is 0 Å². The van der Waals surface area contributed by atoms with Gasteiger partial charge in [0.1, 0.15) is 6.61 Å². The summed E-state index contributed by atoms with van der Waals surface area (Å²) < 4.78 is 5.33. The van der Waals surface area contributed by atoms with Gasteiger partial charge in [-0.25, -0.2) is 4.79 Å². The molecule has 0 spiro atoms. The van der Waals surface area contributed by atoms with Crippen molar-refractivity contribution in [3.8, 4) is 0 Å². The summed E-state index contributed by atoms with van der Waals surface area (Å²) >= 11 is 0. The molecule has 0 aromatic heterocycles. The van der Waals surface area contributed by atoms with Crippen LogP contribution in [0, 0.1) is 0 Å². The largest absolute Gasteiger partial charge is 0.457 e. The summed E-state index contributed by atoms with van der Waals surface area (Å²) in [6, 6.07) is 17.4. The van der Waals surface area contributed by atoms with Crippen LogP contribution in [0.5, 0.6) is 0 Å². The number of ether oxygens (including phenoxy) is 1. The summed E-state index contributed by atoms with van der Waals surface area (Å²) in [5, 5.41) is 0. The standard InChI is InChI=1S/C17H16O2/c18-17(15-6-2-1-3-7-15)19-12-13-5-4-8-16(11-13)14-9-10-14/h1-8,11,14H,9-10,12H2. The second kappa shape index (κ2) is 5.27. The molecule has 2 heteroatoms. The SMILES string of the molecule is O=C(OCc1cccc(C2CC2)c1)c1ccccc1. The maximum Gasteiger partial charge on any atom is 0.338 e. The fourth-order valence-corrected chi connectivity index (χ4v) is 2.16. The van der Waals surface area contributed by atoms with Crippen molar-refractivity contribution in [2.45, 2.75) is 25.4 Å². The Morgan fingerprint density at radius 1 is 1.05 bits per heavy atom. The van der Waals surface area contributed by atoms with E-state index in [9.17, 15) is 4.79 Å². The highest BCUT2D eigenvalue weighted by atomic mass is 16.5. The molecule has 2 nitrogen and oxygen atoms in total. The van der Waals surface area contributed by atoms with E-state index in [1.807, 2.05) is 30.3 Å². The summed E-state index contributed by atoms with van der Waals surface area (Å²) in [5.41, 5.74) is 3.03. The van der Waals surface area contributed by atoms with Crippen molar-refractivity contribution in [1.29, 1.82) is 0 Å². The van der Waals surface area contributed by atoms with Crippen LogP contribution in [0.1, 0.15) is 40.2 Å². The number of carbonyl (C=O) groups is 1. The number of esters is 1. The van der Waals surface area contributed by atoms with E-state index in [0.717, 1.165) is 11.5 Å². The van der Waals surface area contributed by atoms with E-state index in [4.69, 9.17) is 4.74 Å². The molecule has 1 fully saturated rings. The minimum absolute atomic E-state index is 0.266. The fourth-order valence-electron chi connectivity index (χ4n) is 2.16. The third-order valence-corrected chi connectivity index (χ3v) is 3.38. The summed E-state index contributed by atoms with van der Waals surface area (Å²) in [6.07, 6.45) is 2.57. The van der Waals surface area contributed by atoms with E-state index in [1.54, 1.807) is 12.1 Å². The van der Waals surface area contributed by atoms with Crippen molar-refractivity contribution in [3.63, 3.8) is 0 Å². The maximum absolute atomic E-state index is 11.8. The van der Waals surface area contributed by atoms with Crippen LogP contribution >= 0.6 is 0 Å². The van der Waals surface area contributed by atoms with Crippen molar-refractivity contribution < 1.29 is 9.53 Å². The monoisotopic (exact) mass is 252 g/mol. The van der Waals surface area contributed by atoms with Crippen LogP contribution in [0.15, 0.2) is 54.6 Å². The van der Waals surface area contributed by atoms with E-state index < -0.39 is 0 Å². The zero-order valence-corrected chi connectivity index (χ0v) is 10.7. The molecule has 1 aliphatic carbocycles. The van der Waals surface area contributed by atoms with Gasteiger partial charge in [-0.3, -0.25) is 0 Å². The smallest absolute Gasteiger partial charge is 0.338 e. The average Bonchev–Trinajstić information content (AvgIpc) is 3.31. The number of benzene rings is 2. The Balaban J connectivity index is 1.63. The molecule has 0 saturated heterocycles. The molecule has 96 valence electrons. The lowest BCUT2D eigenvalue weighted by Crippen LogP contribution is -2.05. The quantitative estimate of drug-likeness (QED) is 0.771. The summed E-state index contributed by atoms with van der Waals surface area (Å²) in [6.45, 7) is 0.342. The van der Waals surface area contributed by atoms with Crippen molar-refractivity contribution in [1.82, 2.24) is 0 Å². The molecule has 0 heterocycles. The molecule has 0 aliphatic heterocycles. The van der Waals surface area contributed by atoms with Gasteiger partial charge in [-0.2, -0.15) is 0 Å². The molecule has 1 aliphatic rings. The average molecular weight is 252 g/mol. The predicted octanol–water partition coefficient (Wildman–Crippen LogP) is 3.92. The highest BCUT2D eigenvalue weighted by Crippen LogP contribution is 2.40. The molecule has 0 atom stereocenters. The van der Waals surface area contributed by atoms with Gasteiger partial charge in [0.25, 0.3) is 0 Å². The lowest BCUT2D eigenvalue weighted by molar-refractivity contribution is 0.0472.